The monoisotopic (exact) mass is 402 g/mol. The van der Waals surface area contributed by atoms with Gasteiger partial charge >= 0.3 is 0 Å². The molecule has 154 valence electrons. The van der Waals surface area contributed by atoms with Crippen LogP contribution in [0.4, 0.5) is 11.5 Å². The molecule has 0 bridgehead atoms. The van der Waals surface area contributed by atoms with Crippen LogP contribution in [-0.2, 0) is 0 Å². The molecule has 4 aromatic rings. The van der Waals surface area contributed by atoms with Crippen molar-refractivity contribution in [1.82, 2.24) is 20.2 Å². The van der Waals surface area contributed by atoms with Crippen molar-refractivity contribution in [2.75, 3.05) is 43.1 Å². The Bertz CT molecular complexity index is 1100. The predicted octanol–water partition coefficient (Wildman–Crippen LogP) is 3.99. The van der Waals surface area contributed by atoms with Crippen LogP contribution in [0.25, 0.3) is 22.0 Å². The van der Waals surface area contributed by atoms with Gasteiger partial charge in [0, 0.05) is 49.0 Å². The van der Waals surface area contributed by atoms with Crippen molar-refractivity contribution in [2.45, 2.75) is 7.43 Å². The van der Waals surface area contributed by atoms with Gasteiger partial charge in [0.2, 0.25) is 0 Å². The van der Waals surface area contributed by atoms with E-state index >= 15 is 0 Å². The summed E-state index contributed by atoms with van der Waals surface area (Å²) in [6.45, 7) is 3.71. The summed E-state index contributed by atoms with van der Waals surface area (Å²) >= 11 is 0. The first kappa shape index (κ1) is 19.7. The van der Waals surface area contributed by atoms with Crippen LogP contribution in [0, 0.1) is 0 Å². The third-order valence-corrected chi connectivity index (χ3v) is 5.46. The fourth-order valence-corrected chi connectivity index (χ4v) is 3.85. The van der Waals surface area contributed by atoms with Gasteiger partial charge in [0.1, 0.15) is 17.9 Å². The summed E-state index contributed by atoms with van der Waals surface area (Å²) in [6, 6.07) is 14.5. The van der Waals surface area contributed by atoms with E-state index in [4.69, 9.17) is 4.74 Å². The molecule has 0 amide bonds. The largest absolute Gasteiger partial charge is 0.497 e. The number of hydrogen-bond donors (Lipinski definition) is 1. The Kier molecular flexibility index (Phi) is 5.52. The number of fused-ring (bicyclic) bond motifs is 1. The van der Waals surface area contributed by atoms with E-state index in [9.17, 15) is 0 Å². The van der Waals surface area contributed by atoms with E-state index in [1.165, 1.54) is 5.69 Å². The second-order valence-electron chi connectivity index (χ2n) is 7.09. The number of anilines is 2. The first-order valence-electron chi connectivity index (χ1n) is 9.70. The van der Waals surface area contributed by atoms with Crippen LogP contribution in [0.3, 0.4) is 0 Å². The van der Waals surface area contributed by atoms with Crippen LogP contribution in [-0.4, -0.2) is 53.5 Å². The molecule has 7 nitrogen and oxygen atoms in total. The average Bonchev–Trinajstić information content (AvgIpc) is 3.34. The maximum atomic E-state index is 5.26. The van der Waals surface area contributed by atoms with E-state index < -0.39 is 0 Å². The lowest BCUT2D eigenvalue weighted by Crippen LogP contribution is -2.46. The number of piperazine rings is 1. The number of H-pyrrole nitrogens is 1. The molecule has 1 aliphatic heterocycles. The Balaban J connectivity index is 0.00000218. The highest BCUT2D eigenvalue weighted by atomic mass is 16.5. The molecule has 1 saturated heterocycles. The lowest BCUT2D eigenvalue weighted by molar-refractivity contribution is 0.415. The van der Waals surface area contributed by atoms with Gasteiger partial charge in [0.15, 0.2) is 0 Å². The molecule has 1 fully saturated rings. The number of nitrogens with one attached hydrogen (secondary N) is 1. The molecular formula is C23H26N6O. The summed E-state index contributed by atoms with van der Waals surface area (Å²) in [5.41, 5.74) is 4.35. The second kappa shape index (κ2) is 8.41. The van der Waals surface area contributed by atoms with Gasteiger partial charge in [0.25, 0.3) is 0 Å². The number of rotatable bonds is 4. The fraction of sp³-hybridized carbons (Fsp3) is 0.261. The molecule has 2 aromatic carbocycles. The van der Waals surface area contributed by atoms with E-state index in [1.807, 2.05) is 24.5 Å². The third kappa shape index (κ3) is 3.66. The normalized spacial score (nSPS) is 13.9. The molecule has 0 spiro atoms. The van der Waals surface area contributed by atoms with Crippen molar-refractivity contribution in [3.8, 4) is 16.9 Å². The highest BCUT2D eigenvalue weighted by Gasteiger charge is 2.20. The number of hydrogen-bond acceptors (Lipinski definition) is 6. The molecule has 0 radical (unpaired) electrons. The molecule has 3 heterocycles. The smallest absolute Gasteiger partial charge is 0.140 e. The van der Waals surface area contributed by atoms with Crippen molar-refractivity contribution in [1.29, 1.82) is 0 Å². The van der Waals surface area contributed by atoms with Gasteiger partial charge in [-0.3, -0.25) is 5.10 Å². The minimum atomic E-state index is 0. The van der Waals surface area contributed by atoms with Gasteiger partial charge in [-0.05, 0) is 42.0 Å². The summed E-state index contributed by atoms with van der Waals surface area (Å²) in [7, 11) is 1.69. The SMILES string of the molecule is C.COc1ccc(N2CCN(c3ncnc4ccc(-c5cn[nH]c5)cc34)CC2)cc1. The molecular weight excluding hydrogens is 376 g/mol. The van der Waals surface area contributed by atoms with E-state index in [1.54, 1.807) is 13.4 Å². The van der Waals surface area contributed by atoms with Crippen molar-refractivity contribution in [3.63, 3.8) is 0 Å². The lowest BCUT2D eigenvalue weighted by Gasteiger charge is -2.37. The molecule has 30 heavy (non-hydrogen) atoms. The molecule has 0 unspecified atom stereocenters. The zero-order chi connectivity index (χ0) is 19.6. The van der Waals surface area contributed by atoms with Gasteiger partial charge in [-0.15, -0.1) is 0 Å². The third-order valence-electron chi connectivity index (χ3n) is 5.46. The summed E-state index contributed by atoms with van der Waals surface area (Å²) in [5, 5.41) is 8.01. The Morgan fingerprint density at radius 3 is 2.37 bits per heavy atom. The summed E-state index contributed by atoms with van der Waals surface area (Å²) in [6.07, 6.45) is 5.39. The average molecular weight is 403 g/mol. The van der Waals surface area contributed by atoms with E-state index in [-0.39, 0.29) is 7.43 Å². The molecule has 2 aromatic heterocycles. The van der Waals surface area contributed by atoms with E-state index in [0.717, 1.165) is 59.8 Å². The van der Waals surface area contributed by atoms with Crippen molar-refractivity contribution >= 4 is 22.4 Å². The number of methoxy groups -OCH3 is 1. The molecule has 0 aliphatic carbocycles. The van der Waals surface area contributed by atoms with Crippen LogP contribution < -0.4 is 14.5 Å². The van der Waals surface area contributed by atoms with E-state index in [0.29, 0.717) is 0 Å². The summed E-state index contributed by atoms with van der Waals surface area (Å²) in [5.74, 6) is 1.88. The van der Waals surface area contributed by atoms with Gasteiger partial charge in [-0.1, -0.05) is 13.5 Å². The lowest BCUT2D eigenvalue weighted by atomic mass is 10.1. The molecule has 0 saturated carbocycles. The second-order valence-corrected chi connectivity index (χ2v) is 7.09. The van der Waals surface area contributed by atoms with E-state index in [2.05, 4.69) is 60.3 Å². The maximum absolute atomic E-state index is 5.26. The topological polar surface area (TPSA) is 70.2 Å². The number of aromatic amines is 1. The maximum Gasteiger partial charge on any atom is 0.140 e. The van der Waals surface area contributed by atoms with Crippen LogP contribution in [0.5, 0.6) is 5.75 Å². The van der Waals surface area contributed by atoms with Crippen LogP contribution in [0.1, 0.15) is 7.43 Å². The standard InChI is InChI=1S/C22H22N6O.CH4/c1-29-19-5-3-18(4-6-19)27-8-10-28(11-9-27)22-20-12-16(17-13-25-26-14-17)2-7-21(20)23-15-24-22;/h2-7,12-15H,8-11H2,1H3,(H,25,26);1H4. The first-order valence-corrected chi connectivity index (χ1v) is 9.70. The Labute approximate surface area is 176 Å². The number of nitrogens with zero attached hydrogens (tertiary/aromatic N) is 5. The quantitative estimate of drug-likeness (QED) is 0.557. The molecule has 7 heteroatoms. The molecule has 0 atom stereocenters. The zero-order valence-electron chi connectivity index (χ0n) is 16.2. The highest BCUT2D eigenvalue weighted by Crippen LogP contribution is 2.29. The van der Waals surface area contributed by atoms with Gasteiger partial charge in [0.05, 0.1) is 18.8 Å². The summed E-state index contributed by atoms with van der Waals surface area (Å²) < 4.78 is 5.26. The number of aromatic nitrogens is 4. The Hall–Kier alpha value is -3.61. The van der Waals surface area contributed by atoms with Gasteiger partial charge in [-0.2, -0.15) is 5.10 Å². The Morgan fingerprint density at radius 2 is 1.67 bits per heavy atom. The van der Waals surface area contributed by atoms with Gasteiger partial charge in [-0.25, -0.2) is 9.97 Å². The zero-order valence-corrected chi connectivity index (χ0v) is 16.2. The minimum Gasteiger partial charge on any atom is -0.497 e. The van der Waals surface area contributed by atoms with Gasteiger partial charge < -0.3 is 14.5 Å². The minimum absolute atomic E-state index is 0. The fourth-order valence-electron chi connectivity index (χ4n) is 3.85. The molecule has 1 aliphatic rings. The van der Waals surface area contributed by atoms with Crippen molar-refractivity contribution in [2.24, 2.45) is 0 Å². The summed E-state index contributed by atoms with van der Waals surface area (Å²) in [4.78, 5) is 13.8. The highest BCUT2D eigenvalue weighted by molar-refractivity contribution is 5.92. The van der Waals surface area contributed by atoms with Crippen LogP contribution in [0.15, 0.2) is 61.2 Å². The van der Waals surface area contributed by atoms with Crippen molar-refractivity contribution < 1.29 is 4.74 Å². The first-order chi connectivity index (χ1) is 14.3. The van der Waals surface area contributed by atoms with Crippen molar-refractivity contribution in [3.05, 3.63) is 61.2 Å². The number of ether oxygens (including phenoxy) is 1. The number of benzene rings is 2. The molecule has 5 rings (SSSR count). The molecule has 1 N–H and O–H groups in total. The van der Waals surface area contributed by atoms with Crippen LogP contribution in [0.2, 0.25) is 0 Å². The Morgan fingerprint density at radius 1 is 0.900 bits per heavy atom. The predicted molar refractivity (Wildman–Crippen MR) is 121 cm³/mol. The van der Waals surface area contributed by atoms with Crippen LogP contribution >= 0.6 is 0 Å².